The average Bonchev–Trinajstić information content (AvgIpc) is 2.45. The number of hydrogen-bond acceptors (Lipinski definition) is 3. The summed E-state index contributed by atoms with van der Waals surface area (Å²) in [6.45, 7) is 5.31. The van der Waals surface area contributed by atoms with Crippen molar-refractivity contribution in [3.05, 3.63) is 69.5 Å². The van der Waals surface area contributed by atoms with Gasteiger partial charge in [0.25, 0.3) is 0 Å². The van der Waals surface area contributed by atoms with Crippen molar-refractivity contribution in [1.82, 2.24) is 0 Å². The molecule has 0 aliphatic rings. The highest BCUT2D eigenvalue weighted by molar-refractivity contribution is 5.48. The third-order valence-electron chi connectivity index (χ3n) is 3.36. The van der Waals surface area contributed by atoms with E-state index in [0.29, 0.717) is 12.1 Å². The van der Waals surface area contributed by atoms with E-state index in [1.165, 1.54) is 17.7 Å². The number of nitrogens with zero attached hydrogens (tertiary/aromatic N) is 2. The van der Waals surface area contributed by atoms with E-state index in [2.05, 4.69) is 4.90 Å². The highest BCUT2D eigenvalue weighted by Gasteiger charge is 2.14. The van der Waals surface area contributed by atoms with Crippen LogP contribution in [0.5, 0.6) is 0 Å². The van der Waals surface area contributed by atoms with Crippen LogP contribution < -0.4 is 4.90 Å². The number of halogens is 1. The molecule has 0 radical (unpaired) electrons. The van der Waals surface area contributed by atoms with Gasteiger partial charge in [-0.15, -0.1) is 0 Å². The molecule has 0 aromatic heterocycles. The third kappa shape index (κ3) is 3.56. The standard InChI is InChI=1S/C16H17FN2O2/c1-3-18(14-7-4-12(2)5-8-14)11-13-6-9-16(19(20)21)15(17)10-13/h4-10H,3,11H2,1-2H3. The van der Waals surface area contributed by atoms with Gasteiger partial charge in [0.05, 0.1) is 4.92 Å². The molecule has 0 N–H and O–H groups in total. The Morgan fingerprint density at radius 3 is 2.38 bits per heavy atom. The van der Waals surface area contributed by atoms with E-state index < -0.39 is 16.4 Å². The quantitative estimate of drug-likeness (QED) is 0.615. The van der Waals surface area contributed by atoms with Gasteiger partial charge in [0, 0.05) is 24.8 Å². The Kier molecular flexibility index (Phi) is 4.52. The molecule has 0 bridgehead atoms. The van der Waals surface area contributed by atoms with Gasteiger partial charge in [0.2, 0.25) is 5.82 Å². The van der Waals surface area contributed by atoms with Crippen LogP contribution in [0.15, 0.2) is 42.5 Å². The summed E-state index contributed by atoms with van der Waals surface area (Å²) in [6.07, 6.45) is 0. The molecule has 0 saturated heterocycles. The van der Waals surface area contributed by atoms with Gasteiger partial charge >= 0.3 is 5.69 Å². The van der Waals surface area contributed by atoms with Crippen molar-refractivity contribution in [1.29, 1.82) is 0 Å². The molecule has 0 unspecified atom stereocenters. The van der Waals surface area contributed by atoms with Crippen molar-refractivity contribution in [3.8, 4) is 0 Å². The normalized spacial score (nSPS) is 10.4. The summed E-state index contributed by atoms with van der Waals surface area (Å²) in [5.41, 5.74) is 2.44. The van der Waals surface area contributed by atoms with Crippen molar-refractivity contribution >= 4 is 11.4 Å². The number of benzene rings is 2. The largest absolute Gasteiger partial charge is 0.367 e. The number of hydrogen-bond donors (Lipinski definition) is 0. The molecule has 0 saturated carbocycles. The summed E-state index contributed by atoms with van der Waals surface area (Å²) >= 11 is 0. The van der Waals surface area contributed by atoms with E-state index in [1.807, 2.05) is 38.1 Å². The molecule has 2 aromatic rings. The Morgan fingerprint density at radius 2 is 1.86 bits per heavy atom. The van der Waals surface area contributed by atoms with E-state index in [9.17, 15) is 14.5 Å². The molecule has 5 heteroatoms. The van der Waals surface area contributed by atoms with E-state index in [-0.39, 0.29) is 0 Å². The topological polar surface area (TPSA) is 46.4 Å². The lowest BCUT2D eigenvalue weighted by molar-refractivity contribution is -0.387. The predicted molar refractivity (Wildman–Crippen MR) is 81.0 cm³/mol. The lowest BCUT2D eigenvalue weighted by Crippen LogP contribution is -2.22. The van der Waals surface area contributed by atoms with Crippen molar-refractivity contribution in [2.45, 2.75) is 20.4 Å². The predicted octanol–water partition coefficient (Wildman–Crippen LogP) is 4.07. The van der Waals surface area contributed by atoms with Gasteiger partial charge in [0.1, 0.15) is 0 Å². The molecule has 0 atom stereocenters. The van der Waals surface area contributed by atoms with Gasteiger partial charge in [-0.1, -0.05) is 23.8 Å². The molecular formula is C16H17FN2O2. The minimum absolute atomic E-state index is 0.489. The summed E-state index contributed by atoms with van der Waals surface area (Å²) in [7, 11) is 0. The van der Waals surface area contributed by atoms with Crippen LogP contribution in [0.4, 0.5) is 15.8 Å². The van der Waals surface area contributed by atoms with Gasteiger partial charge in [-0.05, 0) is 37.6 Å². The second-order valence-corrected chi connectivity index (χ2v) is 4.89. The second-order valence-electron chi connectivity index (χ2n) is 4.89. The zero-order chi connectivity index (χ0) is 15.4. The van der Waals surface area contributed by atoms with Crippen LogP contribution in [-0.2, 0) is 6.54 Å². The first-order chi connectivity index (χ1) is 10.0. The van der Waals surface area contributed by atoms with Crippen LogP contribution in [0.3, 0.4) is 0 Å². The van der Waals surface area contributed by atoms with E-state index >= 15 is 0 Å². The fourth-order valence-electron chi connectivity index (χ4n) is 2.16. The molecule has 0 fully saturated rings. The lowest BCUT2D eigenvalue weighted by Gasteiger charge is -2.23. The van der Waals surface area contributed by atoms with Crippen LogP contribution >= 0.6 is 0 Å². The minimum Gasteiger partial charge on any atom is -0.367 e. The van der Waals surface area contributed by atoms with E-state index in [1.54, 1.807) is 6.07 Å². The van der Waals surface area contributed by atoms with Crippen molar-refractivity contribution in [2.24, 2.45) is 0 Å². The number of anilines is 1. The van der Waals surface area contributed by atoms with Gasteiger partial charge in [-0.2, -0.15) is 4.39 Å². The number of rotatable bonds is 5. The zero-order valence-corrected chi connectivity index (χ0v) is 12.0. The molecule has 0 heterocycles. The first-order valence-corrected chi connectivity index (χ1v) is 6.75. The Bertz CT molecular complexity index is 641. The molecule has 0 amide bonds. The number of nitro groups is 1. The summed E-state index contributed by atoms with van der Waals surface area (Å²) < 4.78 is 13.7. The van der Waals surface area contributed by atoms with Crippen molar-refractivity contribution in [2.75, 3.05) is 11.4 Å². The summed E-state index contributed by atoms with van der Waals surface area (Å²) in [4.78, 5) is 12.0. The van der Waals surface area contributed by atoms with Crippen LogP contribution in [0.2, 0.25) is 0 Å². The maximum Gasteiger partial charge on any atom is 0.304 e. The average molecular weight is 288 g/mol. The molecule has 4 nitrogen and oxygen atoms in total. The summed E-state index contributed by atoms with van der Waals surface area (Å²) in [5, 5.41) is 10.6. The van der Waals surface area contributed by atoms with Crippen LogP contribution in [0, 0.1) is 22.9 Å². The van der Waals surface area contributed by atoms with E-state index in [0.717, 1.165) is 12.2 Å². The minimum atomic E-state index is -0.794. The third-order valence-corrected chi connectivity index (χ3v) is 3.36. The highest BCUT2D eigenvalue weighted by atomic mass is 19.1. The first-order valence-electron chi connectivity index (χ1n) is 6.75. The summed E-state index contributed by atoms with van der Waals surface area (Å²) in [6, 6.07) is 12.1. The van der Waals surface area contributed by atoms with Gasteiger partial charge in [-0.3, -0.25) is 10.1 Å². The smallest absolute Gasteiger partial charge is 0.304 e. The lowest BCUT2D eigenvalue weighted by atomic mass is 10.1. The number of nitro benzene ring substituents is 1. The van der Waals surface area contributed by atoms with Crippen molar-refractivity contribution < 1.29 is 9.31 Å². The second kappa shape index (κ2) is 6.35. The molecule has 0 aliphatic carbocycles. The number of aryl methyl sites for hydroxylation is 1. The SMILES string of the molecule is CCN(Cc1ccc([N+](=O)[O-])c(F)c1)c1ccc(C)cc1. The van der Waals surface area contributed by atoms with Gasteiger partial charge in [0.15, 0.2) is 0 Å². The molecule has 110 valence electrons. The Morgan fingerprint density at radius 1 is 1.19 bits per heavy atom. The summed E-state index contributed by atoms with van der Waals surface area (Å²) in [5.74, 6) is -0.794. The van der Waals surface area contributed by atoms with Crippen LogP contribution in [0.25, 0.3) is 0 Å². The maximum atomic E-state index is 13.7. The Hall–Kier alpha value is -2.43. The van der Waals surface area contributed by atoms with Gasteiger partial charge in [-0.25, -0.2) is 0 Å². The van der Waals surface area contributed by atoms with Crippen molar-refractivity contribution in [3.63, 3.8) is 0 Å². The molecule has 21 heavy (non-hydrogen) atoms. The fraction of sp³-hybridized carbons (Fsp3) is 0.250. The first kappa shape index (κ1) is 15.0. The molecule has 0 aliphatic heterocycles. The maximum absolute atomic E-state index is 13.7. The molecular weight excluding hydrogens is 271 g/mol. The zero-order valence-electron chi connectivity index (χ0n) is 12.0. The van der Waals surface area contributed by atoms with E-state index in [4.69, 9.17) is 0 Å². The Balaban J connectivity index is 2.20. The van der Waals surface area contributed by atoms with Crippen LogP contribution in [-0.4, -0.2) is 11.5 Å². The fourth-order valence-corrected chi connectivity index (χ4v) is 2.16. The monoisotopic (exact) mass is 288 g/mol. The Labute approximate surface area is 123 Å². The molecule has 2 rings (SSSR count). The van der Waals surface area contributed by atoms with Crippen LogP contribution in [0.1, 0.15) is 18.1 Å². The molecule has 0 spiro atoms. The molecule has 2 aromatic carbocycles. The van der Waals surface area contributed by atoms with Gasteiger partial charge < -0.3 is 4.90 Å². The highest BCUT2D eigenvalue weighted by Crippen LogP contribution is 2.21.